The maximum Gasteiger partial charge on any atom is 0.207 e. The second-order valence-corrected chi connectivity index (χ2v) is 9.23. The van der Waals surface area contributed by atoms with Crippen LogP contribution in [-0.4, -0.2) is 41.0 Å². The fourth-order valence-electron chi connectivity index (χ4n) is 3.06. The number of nitrogens with one attached hydrogen (secondary N) is 1. The summed E-state index contributed by atoms with van der Waals surface area (Å²) in [5, 5.41) is 4.25. The fraction of sp³-hybridized carbons (Fsp3) is 0.182. The van der Waals surface area contributed by atoms with Crippen LogP contribution in [0.5, 0.6) is 0 Å². The van der Waals surface area contributed by atoms with Crippen molar-refractivity contribution in [2.24, 2.45) is 0 Å². The molecule has 0 atom stereocenters. The normalized spacial score (nSPS) is 11.6. The fourth-order valence-corrected chi connectivity index (χ4v) is 3.95. The molecule has 1 aromatic carbocycles. The number of pyridine rings is 2. The minimum atomic E-state index is -3.94. The Hall–Kier alpha value is -3.21. The van der Waals surface area contributed by atoms with E-state index in [-0.39, 0.29) is 11.5 Å². The van der Waals surface area contributed by atoms with Crippen LogP contribution in [0.4, 0.5) is 15.9 Å². The van der Waals surface area contributed by atoms with Crippen LogP contribution in [0.1, 0.15) is 12.7 Å². The summed E-state index contributed by atoms with van der Waals surface area (Å²) in [7, 11) is -3.94. The molecule has 3 aromatic heterocycles. The quantitative estimate of drug-likeness (QED) is 0.380. The third-order valence-corrected chi connectivity index (χ3v) is 6.24. The average molecular weight is 488 g/mol. The standard InChI is InChI=1S/C22H19ClFN5O3S/c1-2-32-12-19-28-21(26-14-5-7-15(8-6-14)33(30,31)13-24)16-9-10-18(27-22(16)29-19)20-17(23)4-3-11-25-20/h3-11H,2,12-13H2,1H3,(H,26,27,28,29). The van der Waals surface area contributed by atoms with E-state index in [4.69, 9.17) is 16.3 Å². The van der Waals surface area contributed by atoms with Crippen molar-refractivity contribution in [1.29, 1.82) is 0 Å². The molecular weight excluding hydrogens is 469 g/mol. The van der Waals surface area contributed by atoms with Gasteiger partial charge in [-0.15, -0.1) is 0 Å². The summed E-state index contributed by atoms with van der Waals surface area (Å²) in [5.41, 5.74) is 2.07. The maximum atomic E-state index is 12.8. The molecule has 3 heterocycles. The minimum absolute atomic E-state index is 0.0984. The van der Waals surface area contributed by atoms with E-state index in [2.05, 4.69) is 25.3 Å². The highest BCUT2D eigenvalue weighted by molar-refractivity contribution is 7.91. The number of halogens is 2. The lowest BCUT2D eigenvalue weighted by atomic mass is 10.2. The molecule has 0 fully saturated rings. The van der Waals surface area contributed by atoms with Gasteiger partial charge >= 0.3 is 0 Å². The first-order valence-corrected chi connectivity index (χ1v) is 12.0. The number of sulfone groups is 1. The molecule has 0 saturated heterocycles. The molecule has 33 heavy (non-hydrogen) atoms. The Labute approximate surface area is 194 Å². The van der Waals surface area contributed by atoms with Gasteiger partial charge in [0, 0.05) is 18.5 Å². The predicted octanol–water partition coefficient (Wildman–Crippen LogP) is 4.72. The molecular formula is C22H19ClFN5O3S. The van der Waals surface area contributed by atoms with Crippen LogP contribution >= 0.6 is 11.6 Å². The summed E-state index contributed by atoms with van der Waals surface area (Å²) in [6, 6.07) is 11.3. The molecule has 170 valence electrons. The zero-order valence-corrected chi connectivity index (χ0v) is 19.1. The summed E-state index contributed by atoms with van der Waals surface area (Å²) in [6.07, 6.45) is 1.63. The first-order valence-electron chi connectivity index (χ1n) is 9.93. The van der Waals surface area contributed by atoms with E-state index in [1.165, 1.54) is 24.3 Å². The molecule has 8 nitrogen and oxygen atoms in total. The number of ether oxygens (including phenoxy) is 1. The van der Waals surface area contributed by atoms with Gasteiger partial charge in [0.1, 0.15) is 18.1 Å². The van der Waals surface area contributed by atoms with Crippen molar-refractivity contribution in [1.82, 2.24) is 19.9 Å². The third-order valence-electron chi connectivity index (χ3n) is 4.66. The van der Waals surface area contributed by atoms with Crippen LogP contribution in [0.2, 0.25) is 5.02 Å². The number of hydrogen-bond acceptors (Lipinski definition) is 8. The topological polar surface area (TPSA) is 107 Å². The van der Waals surface area contributed by atoms with Crippen molar-refractivity contribution in [3.8, 4) is 11.4 Å². The van der Waals surface area contributed by atoms with Crippen LogP contribution in [0, 0.1) is 0 Å². The SMILES string of the molecule is CCOCc1nc(Nc2ccc(S(=O)(=O)CF)cc2)c2ccc(-c3ncccc3Cl)nc2n1. The number of aromatic nitrogens is 4. The van der Waals surface area contributed by atoms with Crippen LogP contribution in [0.15, 0.2) is 59.6 Å². The lowest BCUT2D eigenvalue weighted by Gasteiger charge is -2.12. The highest BCUT2D eigenvalue weighted by Crippen LogP contribution is 2.29. The number of alkyl halides is 1. The number of rotatable bonds is 8. The summed E-state index contributed by atoms with van der Waals surface area (Å²) >= 11 is 6.27. The molecule has 4 aromatic rings. The van der Waals surface area contributed by atoms with Crippen molar-refractivity contribution < 1.29 is 17.5 Å². The van der Waals surface area contributed by atoms with E-state index in [1.807, 2.05) is 6.92 Å². The van der Waals surface area contributed by atoms with Gasteiger partial charge in [-0.05, 0) is 55.5 Å². The molecule has 4 rings (SSSR count). The van der Waals surface area contributed by atoms with Crippen LogP contribution in [-0.2, 0) is 21.2 Å². The molecule has 0 amide bonds. The first-order chi connectivity index (χ1) is 15.9. The van der Waals surface area contributed by atoms with Crippen molar-refractivity contribution in [2.75, 3.05) is 17.9 Å². The van der Waals surface area contributed by atoms with Gasteiger partial charge in [0.2, 0.25) is 9.84 Å². The highest BCUT2D eigenvalue weighted by atomic mass is 35.5. The van der Waals surface area contributed by atoms with E-state index < -0.39 is 15.8 Å². The van der Waals surface area contributed by atoms with E-state index in [9.17, 15) is 12.8 Å². The molecule has 0 bridgehead atoms. The summed E-state index contributed by atoms with van der Waals surface area (Å²) < 4.78 is 41.6. The summed E-state index contributed by atoms with van der Waals surface area (Å²) in [6.45, 7) is 2.55. The highest BCUT2D eigenvalue weighted by Gasteiger charge is 2.15. The Kier molecular flexibility index (Phi) is 6.77. The number of nitrogens with zero attached hydrogens (tertiary/aromatic N) is 4. The molecule has 0 radical (unpaired) electrons. The molecule has 1 N–H and O–H groups in total. The predicted molar refractivity (Wildman–Crippen MR) is 124 cm³/mol. The number of hydrogen-bond donors (Lipinski definition) is 1. The monoisotopic (exact) mass is 487 g/mol. The number of anilines is 2. The van der Waals surface area contributed by atoms with Gasteiger partial charge < -0.3 is 10.1 Å². The lowest BCUT2D eigenvalue weighted by Crippen LogP contribution is -2.06. The van der Waals surface area contributed by atoms with E-state index in [1.54, 1.807) is 30.5 Å². The Balaban J connectivity index is 1.75. The van der Waals surface area contributed by atoms with Gasteiger partial charge in [-0.3, -0.25) is 4.98 Å². The molecule has 0 spiro atoms. The molecule has 0 aliphatic carbocycles. The van der Waals surface area contributed by atoms with Gasteiger partial charge in [-0.1, -0.05) is 11.6 Å². The summed E-state index contributed by atoms with van der Waals surface area (Å²) in [4.78, 5) is 17.9. The summed E-state index contributed by atoms with van der Waals surface area (Å²) in [5.74, 6) is 0.877. The number of benzene rings is 1. The van der Waals surface area contributed by atoms with Crippen molar-refractivity contribution >= 4 is 44.0 Å². The van der Waals surface area contributed by atoms with Crippen LogP contribution < -0.4 is 5.32 Å². The Morgan fingerprint density at radius 3 is 2.55 bits per heavy atom. The van der Waals surface area contributed by atoms with E-state index >= 15 is 0 Å². The molecule has 0 saturated carbocycles. The Morgan fingerprint density at radius 1 is 1.06 bits per heavy atom. The molecule has 0 unspecified atom stereocenters. The Morgan fingerprint density at radius 2 is 1.85 bits per heavy atom. The first kappa shape index (κ1) is 23.0. The van der Waals surface area contributed by atoms with Gasteiger partial charge in [-0.2, -0.15) is 0 Å². The molecule has 11 heteroatoms. The van der Waals surface area contributed by atoms with Crippen molar-refractivity contribution in [2.45, 2.75) is 18.4 Å². The van der Waals surface area contributed by atoms with E-state index in [0.717, 1.165) is 0 Å². The van der Waals surface area contributed by atoms with Gasteiger partial charge in [0.05, 0.1) is 21.0 Å². The zero-order valence-electron chi connectivity index (χ0n) is 17.5. The molecule has 0 aliphatic heterocycles. The van der Waals surface area contributed by atoms with Crippen molar-refractivity contribution in [3.63, 3.8) is 0 Å². The zero-order chi connectivity index (χ0) is 23.4. The van der Waals surface area contributed by atoms with Gasteiger partial charge in [-0.25, -0.2) is 27.8 Å². The van der Waals surface area contributed by atoms with Crippen LogP contribution in [0.3, 0.4) is 0 Å². The van der Waals surface area contributed by atoms with Crippen LogP contribution in [0.25, 0.3) is 22.4 Å². The second-order valence-electron chi connectivity index (χ2n) is 6.90. The smallest absolute Gasteiger partial charge is 0.207 e. The lowest BCUT2D eigenvalue weighted by molar-refractivity contribution is 0.128. The van der Waals surface area contributed by atoms with Gasteiger partial charge in [0.15, 0.2) is 17.5 Å². The second kappa shape index (κ2) is 9.74. The van der Waals surface area contributed by atoms with Crippen molar-refractivity contribution in [3.05, 3.63) is 65.6 Å². The minimum Gasteiger partial charge on any atom is -0.374 e. The average Bonchev–Trinajstić information content (AvgIpc) is 2.83. The molecule has 0 aliphatic rings. The third kappa shape index (κ3) is 5.08. The number of fused-ring (bicyclic) bond motifs is 1. The maximum absolute atomic E-state index is 12.8. The van der Waals surface area contributed by atoms with Gasteiger partial charge in [0.25, 0.3) is 0 Å². The van der Waals surface area contributed by atoms with E-state index in [0.29, 0.717) is 51.4 Å². The Bertz CT molecular complexity index is 1400. The largest absolute Gasteiger partial charge is 0.374 e.